The van der Waals surface area contributed by atoms with E-state index in [1.54, 1.807) is 18.2 Å². The molecule has 124 valence electrons. The zero-order chi connectivity index (χ0) is 16.9. The molecule has 1 aliphatic carbocycles. The monoisotopic (exact) mass is 322 g/mol. The predicted octanol–water partition coefficient (Wildman–Crippen LogP) is 3.57. The van der Waals surface area contributed by atoms with E-state index < -0.39 is 0 Å². The van der Waals surface area contributed by atoms with Crippen LogP contribution in [0.4, 0.5) is 5.69 Å². The van der Waals surface area contributed by atoms with E-state index in [1.807, 2.05) is 24.3 Å². The van der Waals surface area contributed by atoms with Crippen LogP contribution >= 0.6 is 0 Å². The van der Waals surface area contributed by atoms with Crippen LogP contribution in [0.1, 0.15) is 41.6 Å². The number of amides is 2. The van der Waals surface area contributed by atoms with E-state index in [0.717, 1.165) is 12.8 Å². The summed E-state index contributed by atoms with van der Waals surface area (Å²) in [6.07, 6.45) is 1.92. The lowest BCUT2D eigenvalue weighted by Crippen LogP contribution is -2.27. The van der Waals surface area contributed by atoms with Crippen LogP contribution in [0.25, 0.3) is 0 Å². The van der Waals surface area contributed by atoms with Gasteiger partial charge in [0.1, 0.15) is 0 Å². The van der Waals surface area contributed by atoms with Crippen LogP contribution in [-0.4, -0.2) is 18.4 Å². The second-order valence-corrected chi connectivity index (χ2v) is 6.37. The standard InChI is InChI=1S/C20H22N2O2/c1-14(15-6-3-2-4-7-15)13-21-19(23)17-8-5-9-18(12-17)22-20(24)16-10-11-16/h2-9,12,14,16H,10-11,13H2,1H3,(H,21,23)(H,22,24)/t14-/m0/s1. The number of nitrogens with one attached hydrogen (secondary N) is 2. The summed E-state index contributed by atoms with van der Waals surface area (Å²) in [5, 5.41) is 5.83. The van der Waals surface area contributed by atoms with E-state index in [9.17, 15) is 9.59 Å². The van der Waals surface area contributed by atoms with Crippen molar-refractivity contribution < 1.29 is 9.59 Å². The second kappa shape index (κ2) is 7.30. The molecule has 2 aromatic carbocycles. The highest BCUT2D eigenvalue weighted by Crippen LogP contribution is 2.30. The van der Waals surface area contributed by atoms with Crippen LogP contribution in [0.2, 0.25) is 0 Å². The van der Waals surface area contributed by atoms with Gasteiger partial charge in [-0.15, -0.1) is 0 Å². The average molecular weight is 322 g/mol. The summed E-state index contributed by atoms with van der Waals surface area (Å²) >= 11 is 0. The van der Waals surface area contributed by atoms with Gasteiger partial charge in [-0.2, -0.15) is 0 Å². The van der Waals surface area contributed by atoms with Gasteiger partial charge < -0.3 is 10.6 Å². The number of carbonyl (C=O) groups is 2. The topological polar surface area (TPSA) is 58.2 Å². The van der Waals surface area contributed by atoms with Crippen molar-refractivity contribution in [3.63, 3.8) is 0 Å². The molecule has 2 aromatic rings. The number of benzene rings is 2. The number of hydrogen-bond donors (Lipinski definition) is 2. The third kappa shape index (κ3) is 4.22. The zero-order valence-electron chi connectivity index (χ0n) is 13.8. The maximum absolute atomic E-state index is 12.3. The third-order valence-electron chi connectivity index (χ3n) is 4.28. The van der Waals surface area contributed by atoms with Crippen molar-refractivity contribution in [3.05, 3.63) is 65.7 Å². The van der Waals surface area contributed by atoms with Crippen LogP contribution in [0.15, 0.2) is 54.6 Å². The molecule has 0 radical (unpaired) electrons. The highest BCUT2D eigenvalue weighted by Gasteiger charge is 2.29. The van der Waals surface area contributed by atoms with Gasteiger partial charge in [0.2, 0.25) is 5.91 Å². The van der Waals surface area contributed by atoms with Crippen LogP contribution in [0.5, 0.6) is 0 Å². The summed E-state index contributed by atoms with van der Waals surface area (Å²) in [7, 11) is 0. The minimum atomic E-state index is -0.125. The average Bonchev–Trinajstić information content (AvgIpc) is 3.45. The summed E-state index contributed by atoms with van der Waals surface area (Å²) in [5.74, 6) is 0.313. The molecule has 1 aliphatic rings. The molecule has 3 rings (SSSR count). The van der Waals surface area contributed by atoms with Gasteiger partial charge in [0.05, 0.1) is 0 Å². The van der Waals surface area contributed by atoms with Crippen molar-refractivity contribution in [2.24, 2.45) is 5.92 Å². The second-order valence-electron chi connectivity index (χ2n) is 6.37. The SMILES string of the molecule is C[C@@H](CNC(=O)c1cccc(NC(=O)C2CC2)c1)c1ccccc1. The molecule has 0 saturated heterocycles. The van der Waals surface area contributed by atoms with Gasteiger partial charge in [0.25, 0.3) is 5.91 Å². The number of hydrogen-bond acceptors (Lipinski definition) is 2. The van der Waals surface area contributed by atoms with Crippen LogP contribution in [-0.2, 0) is 4.79 Å². The summed E-state index contributed by atoms with van der Waals surface area (Å²) in [6, 6.07) is 17.2. The molecule has 0 spiro atoms. The predicted molar refractivity (Wildman–Crippen MR) is 95.0 cm³/mol. The summed E-state index contributed by atoms with van der Waals surface area (Å²) in [6.45, 7) is 2.66. The minimum Gasteiger partial charge on any atom is -0.351 e. The molecule has 2 N–H and O–H groups in total. The van der Waals surface area contributed by atoms with E-state index in [4.69, 9.17) is 0 Å². The maximum Gasteiger partial charge on any atom is 0.251 e. The van der Waals surface area contributed by atoms with E-state index in [2.05, 4.69) is 29.7 Å². The molecule has 2 amide bonds. The quantitative estimate of drug-likeness (QED) is 0.854. The van der Waals surface area contributed by atoms with Crippen molar-refractivity contribution in [1.29, 1.82) is 0 Å². The lowest BCUT2D eigenvalue weighted by Gasteiger charge is -2.13. The molecule has 0 aromatic heterocycles. The van der Waals surface area contributed by atoms with Crippen LogP contribution in [0.3, 0.4) is 0 Å². The lowest BCUT2D eigenvalue weighted by atomic mass is 10.0. The lowest BCUT2D eigenvalue weighted by molar-refractivity contribution is -0.117. The zero-order valence-corrected chi connectivity index (χ0v) is 13.8. The molecule has 4 heteroatoms. The molecular formula is C20H22N2O2. The Balaban J connectivity index is 1.57. The Labute approximate surface area is 142 Å². The smallest absolute Gasteiger partial charge is 0.251 e. The molecule has 0 aliphatic heterocycles. The molecular weight excluding hydrogens is 300 g/mol. The normalized spacial score (nSPS) is 14.7. The first kappa shape index (κ1) is 16.2. The van der Waals surface area contributed by atoms with Crippen molar-refractivity contribution in [1.82, 2.24) is 5.32 Å². The fourth-order valence-corrected chi connectivity index (χ4v) is 2.58. The van der Waals surface area contributed by atoms with Gasteiger partial charge in [-0.1, -0.05) is 43.3 Å². The summed E-state index contributed by atoms with van der Waals surface area (Å²) in [4.78, 5) is 24.2. The third-order valence-corrected chi connectivity index (χ3v) is 4.28. The van der Waals surface area contributed by atoms with Crippen molar-refractivity contribution in [2.75, 3.05) is 11.9 Å². The first-order chi connectivity index (χ1) is 11.6. The highest BCUT2D eigenvalue weighted by atomic mass is 16.2. The largest absolute Gasteiger partial charge is 0.351 e. The molecule has 0 heterocycles. The van der Waals surface area contributed by atoms with Crippen LogP contribution < -0.4 is 10.6 Å². The van der Waals surface area contributed by atoms with Crippen LogP contribution in [0, 0.1) is 5.92 Å². The molecule has 24 heavy (non-hydrogen) atoms. The molecule has 4 nitrogen and oxygen atoms in total. The Morgan fingerprint density at radius 2 is 1.83 bits per heavy atom. The van der Waals surface area contributed by atoms with Gasteiger partial charge in [-0.05, 0) is 42.5 Å². The van der Waals surface area contributed by atoms with E-state index in [-0.39, 0.29) is 23.7 Å². The Hall–Kier alpha value is -2.62. The Morgan fingerprint density at radius 1 is 1.08 bits per heavy atom. The first-order valence-electron chi connectivity index (χ1n) is 8.37. The van der Waals surface area contributed by atoms with E-state index in [0.29, 0.717) is 17.8 Å². The molecule has 0 unspecified atom stereocenters. The fraction of sp³-hybridized carbons (Fsp3) is 0.300. The summed E-state index contributed by atoms with van der Waals surface area (Å²) < 4.78 is 0. The molecule has 1 saturated carbocycles. The van der Waals surface area contributed by atoms with Gasteiger partial charge in [-0.25, -0.2) is 0 Å². The Kier molecular flexibility index (Phi) is 4.94. The first-order valence-corrected chi connectivity index (χ1v) is 8.37. The molecule has 1 fully saturated rings. The fourth-order valence-electron chi connectivity index (χ4n) is 2.58. The van der Waals surface area contributed by atoms with Gasteiger partial charge in [0, 0.05) is 23.7 Å². The van der Waals surface area contributed by atoms with E-state index in [1.165, 1.54) is 5.56 Å². The molecule has 0 bridgehead atoms. The van der Waals surface area contributed by atoms with Gasteiger partial charge in [0.15, 0.2) is 0 Å². The Morgan fingerprint density at radius 3 is 2.54 bits per heavy atom. The van der Waals surface area contributed by atoms with Gasteiger partial charge >= 0.3 is 0 Å². The number of rotatable bonds is 6. The highest BCUT2D eigenvalue weighted by molar-refractivity contribution is 5.98. The van der Waals surface area contributed by atoms with Crippen molar-refractivity contribution in [2.45, 2.75) is 25.7 Å². The van der Waals surface area contributed by atoms with Crippen molar-refractivity contribution in [3.8, 4) is 0 Å². The van der Waals surface area contributed by atoms with E-state index >= 15 is 0 Å². The number of anilines is 1. The minimum absolute atomic E-state index is 0.0465. The summed E-state index contributed by atoms with van der Waals surface area (Å²) in [5.41, 5.74) is 2.43. The number of carbonyl (C=O) groups excluding carboxylic acids is 2. The van der Waals surface area contributed by atoms with Gasteiger partial charge in [-0.3, -0.25) is 9.59 Å². The van der Waals surface area contributed by atoms with Crippen molar-refractivity contribution >= 4 is 17.5 Å². The molecule has 1 atom stereocenters. The Bertz CT molecular complexity index is 723. The maximum atomic E-state index is 12.3.